The summed E-state index contributed by atoms with van der Waals surface area (Å²) < 4.78 is 7.98. The lowest BCUT2D eigenvalue weighted by molar-refractivity contribution is 0.615. The first-order valence-corrected chi connectivity index (χ1v) is 7.87. The van der Waals surface area contributed by atoms with Gasteiger partial charge in [0.05, 0.1) is 6.20 Å². The van der Waals surface area contributed by atoms with E-state index in [9.17, 15) is 0 Å². The summed E-state index contributed by atoms with van der Waals surface area (Å²) in [5.74, 6) is 2.52. The zero-order valence-corrected chi connectivity index (χ0v) is 12.5. The van der Waals surface area contributed by atoms with Crippen LogP contribution in [-0.4, -0.2) is 30.7 Å². The van der Waals surface area contributed by atoms with Crippen LogP contribution in [-0.2, 0) is 6.54 Å². The van der Waals surface area contributed by atoms with Gasteiger partial charge in [-0.3, -0.25) is 0 Å². The number of hydrogen-bond acceptors (Lipinski definition) is 5. The molecule has 0 amide bonds. The van der Waals surface area contributed by atoms with Crippen molar-refractivity contribution in [2.45, 2.75) is 11.6 Å². The van der Waals surface area contributed by atoms with Gasteiger partial charge in [-0.2, -0.15) is 10.3 Å². The summed E-state index contributed by atoms with van der Waals surface area (Å²) in [5.41, 5.74) is 0.879. The van der Waals surface area contributed by atoms with E-state index in [2.05, 4.69) is 25.0 Å². The van der Waals surface area contributed by atoms with Crippen molar-refractivity contribution < 1.29 is 4.42 Å². The van der Waals surface area contributed by atoms with E-state index >= 15 is 0 Å². The van der Waals surface area contributed by atoms with E-state index in [0.717, 1.165) is 39.9 Å². The lowest BCUT2D eigenvalue weighted by Crippen LogP contribution is -2.01. The van der Waals surface area contributed by atoms with Crippen molar-refractivity contribution in [2.75, 3.05) is 5.75 Å². The maximum absolute atomic E-state index is 5.89. The number of benzene rings is 1. The van der Waals surface area contributed by atoms with Crippen molar-refractivity contribution in [3.63, 3.8) is 0 Å². The van der Waals surface area contributed by atoms with Gasteiger partial charge in [-0.25, -0.2) is 4.98 Å². The molecule has 1 aromatic carbocycles. The van der Waals surface area contributed by atoms with Crippen molar-refractivity contribution in [3.05, 3.63) is 48.9 Å². The fourth-order valence-electron chi connectivity index (χ4n) is 2.32. The number of imidazole rings is 1. The standard InChI is InChI=1S/C15H13N5OS/c1-2-4-12-11(3-1)9-13(21-12)15-16-5-6-20(15)7-8-22-14-10-17-19-18-14/h1-6,9-10H,7-8H2,(H,17,18,19). The second-order valence-corrected chi connectivity index (χ2v) is 5.86. The Morgan fingerprint density at radius 1 is 1.27 bits per heavy atom. The molecular weight excluding hydrogens is 298 g/mol. The number of H-pyrrole nitrogens is 1. The Kier molecular flexibility index (Phi) is 3.40. The lowest BCUT2D eigenvalue weighted by atomic mass is 10.2. The summed E-state index contributed by atoms with van der Waals surface area (Å²) in [6.07, 6.45) is 5.48. The zero-order valence-electron chi connectivity index (χ0n) is 11.6. The Balaban J connectivity index is 1.54. The number of para-hydroxylation sites is 1. The summed E-state index contributed by atoms with van der Waals surface area (Å²) in [5, 5.41) is 12.4. The van der Waals surface area contributed by atoms with Crippen LogP contribution in [0.1, 0.15) is 0 Å². The van der Waals surface area contributed by atoms with Gasteiger partial charge in [-0.1, -0.05) is 18.2 Å². The van der Waals surface area contributed by atoms with Crippen molar-refractivity contribution >= 4 is 22.7 Å². The van der Waals surface area contributed by atoms with Crippen molar-refractivity contribution in [1.82, 2.24) is 25.0 Å². The molecule has 0 unspecified atom stereocenters. The molecule has 0 aliphatic heterocycles. The molecule has 0 bridgehead atoms. The number of furan rings is 1. The molecule has 4 aromatic rings. The van der Waals surface area contributed by atoms with E-state index in [1.165, 1.54) is 0 Å². The molecular formula is C15H13N5OS. The molecule has 110 valence electrons. The van der Waals surface area contributed by atoms with Gasteiger partial charge in [0.2, 0.25) is 0 Å². The molecule has 22 heavy (non-hydrogen) atoms. The average Bonchev–Trinajstić information content (AvgIpc) is 3.27. The third-order valence-electron chi connectivity index (χ3n) is 3.34. The molecule has 0 aliphatic rings. The van der Waals surface area contributed by atoms with Gasteiger partial charge in [0.1, 0.15) is 10.6 Å². The molecule has 0 radical (unpaired) electrons. The van der Waals surface area contributed by atoms with Gasteiger partial charge in [-0.15, -0.1) is 16.9 Å². The molecule has 0 saturated carbocycles. The van der Waals surface area contributed by atoms with Gasteiger partial charge in [-0.05, 0) is 12.1 Å². The highest BCUT2D eigenvalue weighted by molar-refractivity contribution is 7.99. The topological polar surface area (TPSA) is 72.5 Å². The van der Waals surface area contributed by atoms with Crippen LogP contribution < -0.4 is 0 Å². The molecule has 6 nitrogen and oxygen atoms in total. The maximum atomic E-state index is 5.89. The largest absolute Gasteiger partial charge is 0.453 e. The quantitative estimate of drug-likeness (QED) is 0.573. The van der Waals surface area contributed by atoms with Crippen LogP contribution in [0.4, 0.5) is 0 Å². The molecule has 3 heterocycles. The Labute approximate surface area is 130 Å². The highest BCUT2D eigenvalue weighted by Crippen LogP contribution is 2.27. The van der Waals surface area contributed by atoms with E-state index in [1.807, 2.05) is 36.5 Å². The van der Waals surface area contributed by atoms with Crippen molar-refractivity contribution in [1.29, 1.82) is 0 Å². The number of nitrogens with one attached hydrogen (secondary N) is 1. The van der Waals surface area contributed by atoms with Crippen LogP contribution in [0.15, 0.2) is 58.4 Å². The summed E-state index contributed by atoms with van der Waals surface area (Å²) in [4.78, 5) is 4.42. The molecule has 0 atom stereocenters. The predicted octanol–water partition coefficient (Wildman–Crippen LogP) is 3.21. The molecule has 3 aromatic heterocycles. The predicted molar refractivity (Wildman–Crippen MR) is 84.5 cm³/mol. The molecule has 0 saturated heterocycles. The average molecular weight is 311 g/mol. The highest BCUT2D eigenvalue weighted by Gasteiger charge is 2.11. The Morgan fingerprint density at radius 2 is 2.23 bits per heavy atom. The first-order valence-electron chi connectivity index (χ1n) is 6.89. The molecule has 0 fully saturated rings. The Hall–Kier alpha value is -2.54. The summed E-state index contributed by atoms with van der Waals surface area (Å²) >= 11 is 1.65. The van der Waals surface area contributed by atoms with E-state index < -0.39 is 0 Å². The lowest BCUT2D eigenvalue weighted by Gasteiger charge is -2.04. The summed E-state index contributed by atoms with van der Waals surface area (Å²) in [6.45, 7) is 0.823. The second kappa shape index (κ2) is 5.69. The van der Waals surface area contributed by atoms with E-state index in [0.29, 0.717) is 0 Å². The van der Waals surface area contributed by atoms with Crippen molar-refractivity contribution in [2.24, 2.45) is 0 Å². The van der Waals surface area contributed by atoms with Crippen LogP contribution in [0.25, 0.3) is 22.6 Å². The number of rotatable bonds is 5. The third kappa shape index (κ3) is 2.50. The van der Waals surface area contributed by atoms with Crippen molar-refractivity contribution in [3.8, 4) is 11.6 Å². The monoisotopic (exact) mass is 311 g/mol. The van der Waals surface area contributed by atoms with E-state index in [-0.39, 0.29) is 0 Å². The van der Waals surface area contributed by atoms with Gasteiger partial charge in [0.25, 0.3) is 0 Å². The minimum Gasteiger partial charge on any atom is -0.453 e. The molecule has 0 aliphatic carbocycles. The van der Waals surface area contributed by atoms with Gasteiger partial charge < -0.3 is 8.98 Å². The van der Waals surface area contributed by atoms with Crippen LogP contribution in [0.3, 0.4) is 0 Å². The zero-order chi connectivity index (χ0) is 14.8. The SMILES string of the molecule is c1ccc2oc(-c3nccn3CCSc3cn[nH]n3)cc2c1. The number of aryl methyl sites for hydroxylation is 1. The normalized spacial score (nSPS) is 11.3. The second-order valence-electron chi connectivity index (χ2n) is 4.75. The number of thioether (sulfide) groups is 1. The Bertz CT molecular complexity index is 847. The molecule has 7 heteroatoms. The van der Waals surface area contributed by atoms with E-state index in [4.69, 9.17) is 4.42 Å². The van der Waals surface area contributed by atoms with Gasteiger partial charge in [0, 0.05) is 30.1 Å². The smallest absolute Gasteiger partial charge is 0.176 e. The first-order chi connectivity index (χ1) is 10.9. The van der Waals surface area contributed by atoms with Crippen LogP contribution in [0, 0.1) is 0 Å². The molecule has 1 N–H and O–H groups in total. The number of fused-ring (bicyclic) bond motifs is 1. The maximum Gasteiger partial charge on any atom is 0.176 e. The fourth-order valence-corrected chi connectivity index (χ4v) is 3.05. The highest BCUT2D eigenvalue weighted by atomic mass is 32.2. The Morgan fingerprint density at radius 3 is 3.09 bits per heavy atom. The fraction of sp³-hybridized carbons (Fsp3) is 0.133. The number of aromatic nitrogens is 5. The van der Waals surface area contributed by atoms with Crippen LogP contribution in [0.2, 0.25) is 0 Å². The van der Waals surface area contributed by atoms with Gasteiger partial charge in [0.15, 0.2) is 11.6 Å². The first kappa shape index (κ1) is 13.1. The minimum atomic E-state index is 0.789. The summed E-state index contributed by atoms with van der Waals surface area (Å²) in [6, 6.07) is 10.0. The molecule has 0 spiro atoms. The van der Waals surface area contributed by atoms with Crippen LogP contribution >= 0.6 is 11.8 Å². The van der Waals surface area contributed by atoms with Gasteiger partial charge >= 0.3 is 0 Å². The number of nitrogens with zero attached hydrogens (tertiary/aromatic N) is 4. The number of aromatic amines is 1. The third-order valence-corrected chi connectivity index (χ3v) is 4.22. The van der Waals surface area contributed by atoms with Crippen LogP contribution in [0.5, 0.6) is 0 Å². The van der Waals surface area contributed by atoms with E-state index in [1.54, 1.807) is 24.2 Å². The summed E-state index contributed by atoms with van der Waals surface area (Å²) in [7, 11) is 0. The molecule has 4 rings (SSSR count). The minimum absolute atomic E-state index is 0.789. The number of hydrogen-bond donors (Lipinski definition) is 1.